The summed E-state index contributed by atoms with van der Waals surface area (Å²) in [6.45, 7) is 1.23. The molecule has 0 saturated heterocycles. The summed E-state index contributed by atoms with van der Waals surface area (Å²) in [5, 5.41) is 6.20. The number of halogens is 4. The highest BCUT2D eigenvalue weighted by atomic mass is 127. The molecule has 228 valence electrons. The van der Waals surface area contributed by atoms with E-state index in [4.69, 9.17) is 9.47 Å². The Kier molecular flexibility index (Phi) is 16.8. The molecule has 0 saturated carbocycles. The summed E-state index contributed by atoms with van der Waals surface area (Å²) in [5.41, 5.74) is 2.22. The van der Waals surface area contributed by atoms with Crippen molar-refractivity contribution >= 4 is 102 Å². The van der Waals surface area contributed by atoms with E-state index in [9.17, 15) is 9.59 Å². The topological polar surface area (TPSA) is 83.1 Å². The average molecular weight is 1020 g/mol. The van der Waals surface area contributed by atoms with Crippen molar-refractivity contribution in [3.63, 3.8) is 0 Å². The quantitative estimate of drug-likeness (QED) is 0.179. The van der Waals surface area contributed by atoms with Crippen LogP contribution in [0.1, 0.15) is 30.4 Å². The summed E-state index contributed by atoms with van der Waals surface area (Å²) < 4.78 is 15.1. The fraction of sp³-hybridized carbons (Fsp3) is 0.517. The molecule has 2 amide bonds. The Bertz CT molecular complexity index is 1040. The third kappa shape index (κ3) is 11.7. The van der Waals surface area contributed by atoms with E-state index in [2.05, 4.69) is 125 Å². The first-order chi connectivity index (χ1) is 19.4. The van der Waals surface area contributed by atoms with Crippen molar-refractivity contribution in [1.29, 1.82) is 0 Å². The van der Waals surface area contributed by atoms with Crippen LogP contribution in [0, 0.1) is 14.3 Å². The van der Waals surface area contributed by atoms with Gasteiger partial charge in [0, 0.05) is 13.1 Å². The molecule has 0 radical (unpaired) electrons. The fourth-order valence-corrected chi connectivity index (χ4v) is 9.08. The van der Waals surface area contributed by atoms with E-state index in [1.165, 1.54) is 0 Å². The van der Waals surface area contributed by atoms with Crippen molar-refractivity contribution in [3.8, 4) is 11.5 Å². The molecular weight excluding hydrogens is 976 g/mol. The first kappa shape index (κ1) is 37.0. The highest BCUT2D eigenvalue weighted by Gasteiger charge is 2.23. The van der Waals surface area contributed by atoms with E-state index >= 15 is 0 Å². The van der Waals surface area contributed by atoms with Crippen LogP contribution in [0.15, 0.2) is 24.3 Å². The standard InChI is InChI=1S/C29H40I4N4O4/c1-36(2)24(16-18-12-20(30)26(40-5)21(31)13-18)28(38)34-10-8-7-9-11-35-29(39)25(37(3)4)17-19-14-22(32)27(41-6)23(33)15-19/h12-15,24-25H,7-11,16-17H2,1-6H3,(H,34,38)(H,35,39). The van der Waals surface area contributed by atoms with Crippen LogP contribution in [-0.4, -0.2) is 89.2 Å². The number of carbonyl (C=O) groups is 2. The van der Waals surface area contributed by atoms with Gasteiger partial charge in [-0.15, -0.1) is 0 Å². The number of carbonyl (C=O) groups excluding carboxylic acids is 2. The largest absolute Gasteiger partial charge is 0.495 e. The number of rotatable bonds is 16. The van der Waals surface area contributed by atoms with Crippen LogP contribution in [0.2, 0.25) is 0 Å². The highest BCUT2D eigenvalue weighted by molar-refractivity contribution is 14.1. The van der Waals surface area contributed by atoms with Gasteiger partial charge in [-0.2, -0.15) is 0 Å². The van der Waals surface area contributed by atoms with E-state index < -0.39 is 0 Å². The Hall–Kier alpha value is -0.180. The number of hydrogen-bond donors (Lipinski definition) is 2. The molecule has 0 fully saturated rings. The van der Waals surface area contributed by atoms with Gasteiger partial charge in [-0.25, -0.2) is 0 Å². The molecule has 0 heterocycles. The number of likely N-dealkylation sites (N-methyl/N-ethyl adjacent to an activating group) is 2. The molecule has 2 rings (SSSR count). The zero-order valence-corrected chi connectivity index (χ0v) is 33.1. The van der Waals surface area contributed by atoms with Gasteiger partial charge in [-0.1, -0.05) is 0 Å². The number of hydrogen-bond acceptors (Lipinski definition) is 6. The van der Waals surface area contributed by atoms with Gasteiger partial charge in [0.25, 0.3) is 0 Å². The van der Waals surface area contributed by atoms with Gasteiger partial charge in [0.1, 0.15) is 11.5 Å². The monoisotopic (exact) mass is 1020 g/mol. The number of methoxy groups -OCH3 is 2. The van der Waals surface area contributed by atoms with Gasteiger partial charge >= 0.3 is 0 Å². The molecule has 12 heteroatoms. The number of benzene rings is 2. The molecule has 2 aromatic rings. The molecule has 2 atom stereocenters. The molecule has 41 heavy (non-hydrogen) atoms. The Morgan fingerprint density at radius 3 is 1.24 bits per heavy atom. The lowest BCUT2D eigenvalue weighted by molar-refractivity contribution is -0.126. The summed E-state index contributed by atoms with van der Waals surface area (Å²) in [4.78, 5) is 29.9. The van der Waals surface area contributed by atoms with Crippen molar-refractivity contribution in [2.45, 2.75) is 44.2 Å². The molecule has 8 nitrogen and oxygen atoms in total. The minimum absolute atomic E-state index is 0.0285. The number of ether oxygens (including phenoxy) is 2. The van der Waals surface area contributed by atoms with E-state index in [0.717, 1.165) is 56.2 Å². The first-order valence-corrected chi connectivity index (χ1v) is 17.6. The lowest BCUT2D eigenvalue weighted by Crippen LogP contribution is -2.45. The Labute approximate surface area is 299 Å². The maximum absolute atomic E-state index is 13.0. The number of nitrogens with zero attached hydrogens (tertiary/aromatic N) is 2. The van der Waals surface area contributed by atoms with Crippen LogP contribution in [0.25, 0.3) is 0 Å². The lowest BCUT2D eigenvalue weighted by Gasteiger charge is -2.24. The molecule has 0 aliphatic heterocycles. The second-order valence-corrected chi connectivity index (χ2v) is 14.8. The van der Waals surface area contributed by atoms with Crippen LogP contribution in [0.5, 0.6) is 11.5 Å². The predicted octanol–water partition coefficient (Wildman–Crippen LogP) is 5.17. The molecule has 0 bridgehead atoms. The molecule has 2 unspecified atom stereocenters. The molecule has 2 N–H and O–H groups in total. The smallest absolute Gasteiger partial charge is 0.237 e. The van der Waals surface area contributed by atoms with Crippen LogP contribution < -0.4 is 20.1 Å². The summed E-state index contributed by atoms with van der Waals surface area (Å²) >= 11 is 9.10. The predicted molar refractivity (Wildman–Crippen MR) is 199 cm³/mol. The van der Waals surface area contributed by atoms with Crippen molar-refractivity contribution in [2.24, 2.45) is 0 Å². The van der Waals surface area contributed by atoms with Crippen LogP contribution in [0.3, 0.4) is 0 Å². The second-order valence-electron chi connectivity index (χ2n) is 10.2. The molecule has 0 aliphatic rings. The third-order valence-electron chi connectivity index (χ3n) is 6.69. The van der Waals surface area contributed by atoms with E-state index in [1.807, 2.05) is 38.0 Å². The van der Waals surface area contributed by atoms with Crippen molar-refractivity contribution < 1.29 is 19.1 Å². The maximum atomic E-state index is 13.0. The Balaban J connectivity index is 1.78. The number of amides is 2. The molecular formula is C29H40I4N4O4. The first-order valence-electron chi connectivity index (χ1n) is 13.3. The molecule has 0 aliphatic carbocycles. The lowest BCUT2D eigenvalue weighted by atomic mass is 10.0. The second kappa shape index (κ2) is 18.6. The molecule has 0 aromatic heterocycles. The minimum atomic E-state index is -0.255. The minimum Gasteiger partial charge on any atom is -0.495 e. The molecule has 0 spiro atoms. The van der Waals surface area contributed by atoms with Crippen molar-refractivity contribution in [3.05, 3.63) is 49.7 Å². The van der Waals surface area contributed by atoms with Gasteiger partial charge in [0.15, 0.2) is 0 Å². The van der Waals surface area contributed by atoms with Gasteiger partial charge < -0.3 is 20.1 Å². The molecule has 2 aromatic carbocycles. The van der Waals surface area contributed by atoms with Crippen molar-refractivity contribution in [2.75, 3.05) is 55.5 Å². The Morgan fingerprint density at radius 2 is 0.976 bits per heavy atom. The third-order valence-corrected chi connectivity index (χ3v) is 9.89. The summed E-state index contributed by atoms with van der Waals surface area (Å²) in [6.07, 6.45) is 3.90. The van der Waals surface area contributed by atoms with E-state index in [-0.39, 0.29) is 23.9 Å². The van der Waals surface area contributed by atoms with E-state index in [0.29, 0.717) is 25.9 Å². The maximum Gasteiger partial charge on any atom is 0.237 e. The van der Waals surface area contributed by atoms with Gasteiger partial charge in [0.05, 0.1) is 40.6 Å². The van der Waals surface area contributed by atoms with Crippen LogP contribution >= 0.6 is 90.4 Å². The van der Waals surface area contributed by atoms with Crippen molar-refractivity contribution in [1.82, 2.24) is 20.4 Å². The highest BCUT2D eigenvalue weighted by Crippen LogP contribution is 2.30. The zero-order valence-electron chi connectivity index (χ0n) is 24.5. The van der Waals surface area contributed by atoms with Gasteiger partial charge in [0.2, 0.25) is 11.8 Å². The summed E-state index contributed by atoms with van der Waals surface area (Å²) in [6, 6.07) is 7.82. The van der Waals surface area contributed by atoms with Crippen LogP contribution in [-0.2, 0) is 22.4 Å². The Morgan fingerprint density at radius 1 is 0.659 bits per heavy atom. The average Bonchev–Trinajstić information content (AvgIpc) is 2.89. The van der Waals surface area contributed by atoms with E-state index in [1.54, 1.807) is 14.2 Å². The zero-order chi connectivity index (χ0) is 30.7. The fourth-order valence-electron chi connectivity index (χ4n) is 4.40. The normalized spacial score (nSPS) is 12.8. The SMILES string of the molecule is COc1c(I)cc(CC(C(=O)NCCCCCNC(=O)C(Cc2cc(I)c(OC)c(I)c2)N(C)C)N(C)C)cc1I. The summed E-state index contributed by atoms with van der Waals surface area (Å²) in [7, 11) is 11.1. The van der Waals surface area contributed by atoms with Crippen LogP contribution in [0.4, 0.5) is 0 Å². The van der Waals surface area contributed by atoms with Gasteiger partial charge in [-0.3, -0.25) is 19.4 Å². The number of nitrogens with one attached hydrogen (secondary N) is 2. The number of unbranched alkanes of at least 4 members (excludes halogenated alkanes) is 2. The van der Waals surface area contributed by atoms with Gasteiger partial charge in [-0.05, 0) is 186 Å². The summed E-state index contributed by atoms with van der Waals surface area (Å²) in [5.74, 6) is 1.80.